The lowest BCUT2D eigenvalue weighted by Gasteiger charge is -2.12. The fourth-order valence-electron chi connectivity index (χ4n) is 3.31. The molecule has 2 aromatic carbocycles. The Morgan fingerprint density at radius 1 is 1.07 bits per heavy atom. The molecule has 2 heterocycles. The van der Waals surface area contributed by atoms with Crippen LogP contribution in [0.4, 0.5) is 8.78 Å². The van der Waals surface area contributed by atoms with Crippen LogP contribution in [0.5, 0.6) is 5.75 Å². The summed E-state index contributed by atoms with van der Waals surface area (Å²) in [6.45, 7) is 4.17. The van der Waals surface area contributed by atoms with Crippen LogP contribution in [-0.4, -0.2) is 26.9 Å². The summed E-state index contributed by atoms with van der Waals surface area (Å²) in [5, 5.41) is 6.45. The molecule has 0 saturated carbocycles. The molecule has 0 saturated heterocycles. The largest absolute Gasteiger partial charge is 0.496 e. The van der Waals surface area contributed by atoms with E-state index in [4.69, 9.17) is 4.74 Å². The van der Waals surface area contributed by atoms with Crippen LogP contribution in [0.15, 0.2) is 41.2 Å². The van der Waals surface area contributed by atoms with Crippen molar-refractivity contribution in [3.63, 3.8) is 0 Å². The molecule has 0 amide bonds. The van der Waals surface area contributed by atoms with E-state index < -0.39 is 11.6 Å². The average molecular weight is 412 g/mol. The van der Waals surface area contributed by atoms with Gasteiger partial charge in [-0.2, -0.15) is 0 Å². The quantitative estimate of drug-likeness (QED) is 0.462. The third-order valence-electron chi connectivity index (χ3n) is 4.57. The first-order chi connectivity index (χ1) is 14.0. The molecule has 29 heavy (non-hydrogen) atoms. The van der Waals surface area contributed by atoms with Gasteiger partial charge in [0, 0.05) is 10.9 Å². The van der Waals surface area contributed by atoms with Crippen LogP contribution in [0.1, 0.15) is 16.7 Å². The normalized spacial score (nSPS) is 11.1. The van der Waals surface area contributed by atoms with E-state index >= 15 is 0 Å². The van der Waals surface area contributed by atoms with Crippen LogP contribution in [0.25, 0.3) is 22.9 Å². The Hall–Kier alpha value is -3.13. The lowest BCUT2D eigenvalue weighted by Crippen LogP contribution is -2.05. The maximum Gasteiger partial charge on any atom is 0.201 e. The standard InChI is InChI=1S/C21H18F2N4OS/c1-12-6-15(7-13(2)19(12)28-3)21-25-20(18-10-29-11-24-18)26-27(21)9-14-4-5-16(22)17(23)8-14/h4-8,10-11H,9H2,1-3H3. The summed E-state index contributed by atoms with van der Waals surface area (Å²) in [4.78, 5) is 8.96. The number of benzene rings is 2. The van der Waals surface area contributed by atoms with Crippen molar-refractivity contribution in [2.24, 2.45) is 0 Å². The number of nitrogens with zero attached hydrogens (tertiary/aromatic N) is 4. The van der Waals surface area contributed by atoms with Gasteiger partial charge < -0.3 is 4.74 Å². The molecule has 4 aromatic rings. The van der Waals surface area contributed by atoms with E-state index in [0.29, 0.717) is 22.9 Å². The summed E-state index contributed by atoms with van der Waals surface area (Å²) in [6, 6.07) is 7.78. The molecule has 0 spiro atoms. The first-order valence-electron chi connectivity index (χ1n) is 8.89. The number of halogens is 2. The molecule has 0 radical (unpaired) electrons. The minimum atomic E-state index is -0.889. The van der Waals surface area contributed by atoms with Gasteiger partial charge in [-0.3, -0.25) is 0 Å². The molecule has 4 rings (SSSR count). The van der Waals surface area contributed by atoms with Crippen LogP contribution < -0.4 is 4.74 Å². The summed E-state index contributed by atoms with van der Waals surface area (Å²) in [7, 11) is 1.64. The molecule has 5 nitrogen and oxygen atoms in total. The maximum absolute atomic E-state index is 13.7. The Balaban J connectivity index is 1.82. The summed E-state index contributed by atoms with van der Waals surface area (Å²) < 4.78 is 34.1. The number of ether oxygens (including phenoxy) is 1. The second-order valence-corrected chi connectivity index (χ2v) is 7.40. The number of thiazole rings is 1. The lowest BCUT2D eigenvalue weighted by molar-refractivity contribution is 0.408. The smallest absolute Gasteiger partial charge is 0.201 e. The minimum absolute atomic E-state index is 0.244. The molecule has 0 aliphatic rings. The zero-order valence-corrected chi connectivity index (χ0v) is 16.9. The van der Waals surface area contributed by atoms with Crippen molar-refractivity contribution in [2.75, 3.05) is 7.11 Å². The van der Waals surface area contributed by atoms with Crippen molar-refractivity contribution in [1.29, 1.82) is 0 Å². The maximum atomic E-state index is 13.7. The number of hydrogen-bond acceptors (Lipinski definition) is 5. The van der Waals surface area contributed by atoms with Crippen molar-refractivity contribution in [3.8, 4) is 28.7 Å². The van der Waals surface area contributed by atoms with Crippen molar-refractivity contribution in [1.82, 2.24) is 19.7 Å². The van der Waals surface area contributed by atoms with Gasteiger partial charge in [-0.1, -0.05) is 6.07 Å². The van der Waals surface area contributed by atoms with E-state index in [1.54, 1.807) is 17.3 Å². The summed E-state index contributed by atoms with van der Waals surface area (Å²) >= 11 is 1.45. The summed E-state index contributed by atoms with van der Waals surface area (Å²) in [5.41, 5.74) is 5.77. The van der Waals surface area contributed by atoms with E-state index in [9.17, 15) is 8.78 Å². The number of methoxy groups -OCH3 is 1. The highest BCUT2D eigenvalue weighted by molar-refractivity contribution is 7.07. The topological polar surface area (TPSA) is 52.8 Å². The Morgan fingerprint density at radius 3 is 2.45 bits per heavy atom. The molecular weight excluding hydrogens is 394 g/mol. The Morgan fingerprint density at radius 2 is 1.83 bits per heavy atom. The first-order valence-corrected chi connectivity index (χ1v) is 9.83. The highest BCUT2D eigenvalue weighted by Crippen LogP contribution is 2.30. The number of aromatic nitrogens is 4. The van der Waals surface area contributed by atoms with Crippen molar-refractivity contribution >= 4 is 11.3 Å². The highest BCUT2D eigenvalue weighted by atomic mass is 32.1. The average Bonchev–Trinajstić information content (AvgIpc) is 3.34. The van der Waals surface area contributed by atoms with Crippen LogP contribution in [0, 0.1) is 25.5 Å². The summed E-state index contributed by atoms with van der Waals surface area (Å²) in [5.74, 6) is 0.152. The van der Waals surface area contributed by atoms with Gasteiger partial charge in [0.15, 0.2) is 17.5 Å². The Bertz CT molecular complexity index is 1150. The predicted molar refractivity (Wildman–Crippen MR) is 108 cm³/mol. The molecule has 0 aliphatic heterocycles. The molecule has 0 bridgehead atoms. The molecular formula is C21H18F2N4OS. The molecule has 0 N–H and O–H groups in total. The van der Waals surface area contributed by atoms with Crippen LogP contribution in [0.2, 0.25) is 0 Å². The SMILES string of the molecule is COc1c(C)cc(-c2nc(-c3cscn3)nn2Cc2ccc(F)c(F)c2)cc1C. The van der Waals surface area contributed by atoms with Gasteiger partial charge in [0.2, 0.25) is 5.82 Å². The Kier molecular flexibility index (Phi) is 5.10. The van der Waals surface area contributed by atoms with Crippen LogP contribution >= 0.6 is 11.3 Å². The molecule has 2 aromatic heterocycles. The molecule has 148 valence electrons. The first kappa shape index (κ1) is 19.2. The van der Waals surface area contributed by atoms with Gasteiger partial charge in [-0.15, -0.1) is 16.4 Å². The van der Waals surface area contributed by atoms with Crippen LogP contribution in [-0.2, 0) is 6.54 Å². The monoisotopic (exact) mass is 412 g/mol. The zero-order valence-electron chi connectivity index (χ0n) is 16.1. The number of hydrogen-bond donors (Lipinski definition) is 0. The molecule has 0 fully saturated rings. The van der Waals surface area contributed by atoms with E-state index in [1.807, 2.05) is 31.4 Å². The van der Waals surface area contributed by atoms with Gasteiger partial charge in [-0.25, -0.2) is 23.4 Å². The van der Waals surface area contributed by atoms with E-state index in [-0.39, 0.29) is 6.54 Å². The van der Waals surface area contributed by atoms with Crippen LogP contribution in [0.3, 0.4) is 0 Å². The van der Waals surface area contributed by atoms with Gasteiger partial charge >= 0.3 is 0 Å². The predicted octanol–water partition coefficient (Wildman–Crippen LogP) is 5.02. The zero-order chi connectivity index (χ0) is 20.5. The highest BCUT2D eigenvalue weighted by Gasteiger charge is 2.17. The molecule has 0 unspecified atom stereocenters. The number of rotatable bonds is 5. The number of aryl methyl sites for hydroxylation is 2. The minimum Gasteiger partial charge on any atom is -0.496 e. The van der Waals surface area contributed by atoms with Crippen molar-refractivity contribution in [3.05, 3.63) is 69.5 Å². The third kappa shape index (κ3) is 3.75. The molecule has 0 atom stereocenters. The molecule has 8 heteroatoms. The van der Waals surface area contributed by atoms with E-state index in [0.717, 1.165) is 28.5 Å². The summed E-state index contributed by atoms with van der Waals surface area (Å²) in [6.07, 6.45) is 0. The van der Waals surface area contributed by atoms with Crippen molar-refractivity contribution in [2.45, 2.75) is 20.4 Å². The fourth-order valence-corrected chi connectivity index (χ4v) is 3.84. The van der Waals surface area contributed by atoms with Crippen molar-refractivity contribution < 1.29 is 13.5 Å². The molecule has 0 aliphatic carbocycles. The van der Waals surface area contributed by atoms with Gasteiger partial charge in [0.05, 0.1) is 19.2 Å². The second kappa shape index (κ2) is 7.71. The Labute approximate surface area is 170 Å². The van der Waals surface area contributed by atoms with Gasteiger partial charge in [-0.05, 0) is 54.8 Å². The van der Waals surface area contributed by atoms with Gasteiger partial charge in [0.1, 0.15) is 11.4 Å². The van der Waals surface area contributed by atoms with E-state index in [2.05, 4.69) is 15.1 Å². The third-order valence-corrected chi connectivity index (χ3v) is 5.16. The van der Waals surface area contributed by atoms with E-state index in [1.165, 1.54) is 23.5 Å². The second-order valence-electron chi connectivity index (χ2n) is 6.68. The van der Waals surface area contributed by atoms with Gasteiger partial charge in [0.25, 0.3) is 0 Å². The lowest BCUT2D eigenvalue weighted by atomic mass is 10.0. The fraction of sp³-hybridized carbons (Fsp3) is 0.190.